The van der Waals surface area contributed by atoms with Crippen molar-refractivity contribution in [3.8, 4) is 6.07 Å². The summed E-state index contributed by atoms with van der Waals surface area (Å²) in [6, 6.07) is 9.78. The smallest absolute Gasteiger partial charge is 0.237 e. The highest BCUT2D eigenvalue weighted by molar-refractivity contribution is 5.93. The van der Waals surface area contributed by atoms with Gasteiger partial charge in [-0.25, -0.2) is 4.39 Å². The molecule has 0 saturated carbocycles. The number of hydrogen-bond donors (Lipinski definition) is 2. The molecule has 2 saturated heterocycles. The Morgan fingerprint density at radius 2 is 2.23 bits per heavy atom. The van der Waals surface area contributed by atoms with Gasteiger partial charge in [0.1, 0.15) is 23.6 Å². The molecule has 3 heterocycles. The number of fused-ring (bicyclic) bond motifs is 1. The minimum Gasteiger partial charge on any atom is -0.355 e. The van der Waals surface area contributed by atoms with Crippen LogP contribution >= 0.6 is 0 Å². The number of nitriles is 1. The van der Waals surface area contributed by atoms with Crippen molar-refractivity contribution in [2.45, 2.75) is 31.1 Å². The first-order valence-electron chi connectivity index (χ1n) is 8.98. The highest BCUT2D eigenvalue weighted by atomic mass is 19.1. The van der Waals surface area contributed by atoms with Crippen LogP contribution in [0.1, 0.15) is 18.4 Å². The molecule has 3 unspecified atom stereocenters. The zero-order valence-corrected chi connectivity index (χ0v) is 14.7. The summed E-state index contributed by atoms with van der Waals surface area (Å²) >= 11 is 0. The predicted molar refractivity (Wildman–Crippen MR) is 97.7 cm³/mol. The van der Waals surface area contributed by atoms with Crippen LogP contribution in [0, 0.1) is 11.3 Å². The number of halogens is 1. The van der Waals surface area contributed by atoms with Crippen molar-refractivity contribution in [1.29, 1.82) is 5.26 Å². The van der Waals surface area contributed by atoms with Gasteiger partial charge in [0.15, 0.2) is 0 Å². The summed E-state index contributed by atoms with van der Waals surface area (Å²) in [5, 5.41) is 16.6. The van der Waals surface area contributed by atoms with Gasteiger partial charge in [-0.2, -0.15) is 5.26 Å². The largest absolute Gasteiger partial charge is 0.355 e. The van der Waals surface area contributed by atoms with Crippen LogP contribution in [0.15, 0.2) is 24.3 Å². The fourth-order valence-corrected chi connectivity index (χ4v) is 4.12. The van der Waals surface area contributed by atoms with Crippen molar-refractivity contribution < 1.29 is 9.18 Å². The Hall–Kier alpha value is -2.59. The van der Waals surface area contributed by atoms with E-state index in [2.05, 4.69) is 21.6 Å². The van der Waals surface area contributed by atoms with E-state index in [1.807, 2.05) is 35.9 Å². The first-order valence-corrected chi connectivity index (χ1v) is 8.98. The Bertz CT molecular complexity index is 886. The molecular weight excluding hydrogens is 333 g/mol. The van der Waals surface area contributed by atoms with Crippen LogP contribution < -0.4 is 15.5 Å². The normalized spacial score (nSPS) is 25.6. The number of hydrogen-bond acceptors (Lipinski definition) is 4. The lowest BCUT2D eigenvalue weighted by molar-refractivity contribution is -0.123. The second-order valence-corrected chi connectivity index (χ2v) is 7.12. The predicted octanol–water partition coefficient (Wildman–Crippen LogP) is 1.44. The number of benzene rings is 1. The highest BCUT2D eigenvalue weighted by Gasteiger charge is 2.33. The van der Waals surface area contributed by atoms with Crippen LogP contribution in [-0.4, -0.2) is 48.4 Å². The van der Waals surface area contributed by atoms with Crippen molar-refractivity contribution in [2.75, 3.05) is 24.5 Å². The number of nitrogens with zero attached hydrogens (tertiary/aromatic N) is 3. The lowest BCUT2D eigenvalue weighted by atomic mass is 10.2. The number of rotatable bonds is 3. The van der Waals surface area contributed by atoms with Crippen molar-refractivity contribution in [1.82, 2.24) is 15.2 Å². The number of anilines is 1. The van der Waals surface area contributed by atoms with Gasteiger partial charge >= 0.3 is 0 Å². The van der Waals surface area contributed by atoms with E-state index in [0.29, 0.717) is 12.1 Å². The number of aromatic nitrogens is 1. The average Bonchev–Trinajstić information content (AvgIpc) is 3.33. The topological polar surface area (TPSA) is 73.1 Å². The quantitative estimate of drug-likeness (QED) is 0.874. The maximum Gasteiger partial charge on any atom is 0.237 e. The molecule has 7 heteroatoms. The third kappa shape index (κ3) is 2.80. The molecule has 2 N–H and O–H groups in total. The maximum atomic E-state index is 13.3. The fraction of sp³-hybridized carbons (Fsp3) is 0.474. The van der Waals surface area contributed by atoms with E-state index in [4.69, 9.17) is 0 Å². The van der Waals surface area contributed by atoms with E-state index < -0.39 is 12.2 Å². The molecule has 6 nitrogen and oxygen atoms in total. The molecule has 0 spiro atoms. The molecule has 26 heavy (non-hydrogen) atoms. The molecule has 2 aromatic rings. The van der Waals surface area contributed by atoms with E-state index in [1.54, 1.807) is 0 Å². The monoisotopic (exact) mass is 355 g/mol. The Morgan fingerprint density at radius 1 is 1.42 bits per heavy atom. The van der Waals surface area contributed by atoms with Gasteiger partial charge in [0.2, 0.25) is 5.91 Å². The van der Waals surface area contributed by atoms with Gasteiger partial charge in [-0.05, 0) is 12.5 Å². The second-order valence-electron chi connectivity index (χ2n) is 7.12. The fourth-order valence-electron chi connectivity index (χ4n) is 4.12. The number of carbonyl (C=O) groups is 1. The number of amides is 1. The number of nitrogens with one attached hydrogen (secondary N) is 2. The summed E-state index contributed by atoms with van der Waals surface area (Å²) in [6.07, 6.45) is 0.105. The molecule has 0 aliphatic carbocycles. The van der Waals surface area contributed by atoms with Crippen molar-refractivity contribution in [2.24, 2.45) is 7.05 Å². The molecule has 1 aromatic heterocycles. The summed E-state index contributed by atoms with van der Waals surface area (Å²) < 4.78 is 15.3. The van der Waals surface area contributed by atoms with Crippen LogP contribution in [0.5, 0.6) is 0 Å². The van der Waals surface area contributed by atoms with Crippen molar-refractivity contribution >= 4 is 22.6 Å². The Morgan fingerprint density at radius 3 is 2.96 bits per heavy atom. The molecule has 136 valence electrons. The molecule has 2 aliphatic rings. The van der Waals surface area contributed by atoms with Crippen LogP contribution in [0.25, 0.3) is 10.9 Å². The minimum absolute atomic E-state index is 0.00696. The van der Waals surface area contributed by atoms with Gasteiger partial charge in [0.25, 0.3) is 0 Å². The molecule has 2 fully saturated rings. The second kappa shape index (κ2) is 6.61. The molecular formula is C19H22FN5O. The highest BCUT2D eigenvalue weighted by Crippen LogP contribution is 2.33. The number of carbonyl (C=O) groups excluding carboxylic acids is 1. The van der Waals surface area contributed by atoms with E-state index in [9.17, 15) is 14.4 Å². The third-order valence-corrected chi connectivity index (χ3v) is 5.42. The van der Waals surface area contributed by atoms with Crippen LogP contribution in [0.2, 0.25) is 0 Å². The van der Waals surface area contributed by atoms with Gasteiger partial charge in [-0.15, -0.1) is 0 Å². The minimum atomic E-state index is -0.945. The standard InChI is InChI=1S/C19H22FN5O/c1-24-17-5-3-2-4-14(17)15(9-21)19(24)25-7-6-13(11-25)23-18(26)16-8-12(20)10-22-16/h2-5,12-13,16,22H,6-8,10-11H2,1H3,(H,23,26). The SMILES string of the molecule is Cn1c(N2CCC(NC(=O)C3CC(F)CN3)C2)c(C#N)c2ccccc21. The van der Waals surface area contributed by atoms with Crippen LogP contribution in [-0.2, 0) is 11.8 Å². The van der Waals surface area contributed by atoms with E-state index >= 15 is 0 Å². The molecule has 4 rings (SSSR count). The van der Waals surface area contributed by atoms with E-state index in [1.165, 1.54) is 0 Å². The maximum absolute atomic E-state index is 13.3. The summed E-state index contributed by atoms with van der Waals surface area (Å²) in [6.45, 7) is 1.67. The molecule has 0 radical (unpaired) electrons. The van der Waals surface area contributed by atoms with Gasteiger partial charge < -0.3 is 20.1 Å². The molecule has 1 aromatic carbocycles. The third-order valence-electron chi connectivity index (χ3n) is 5.42. The van der Waals surface area contributed by atoms with Gasteiger partial charge in [0, 0.05) is 44.5 Å². The molecule has 0 bridgehead atoms. The molecule has 2 aliphatic heterocycles. The summed E-state index contributed by atoms with van der Waals surface area (Å²) in [5.74, 6) is 0.766. The average molecular weight is 355 g/mol. The molecule has 3 atom stereocenters. The van der Waals surface area contributed by atoms with Crippen LogP contribution in [0.4, 0.5) is 10.2 Å². The first kappa shape index (κ1) is 16.9. The lowest BCUT2D eigenvalue weighted by Crippen LogP contribution is -2.46. The molecule has 1 amide bonds. The number of para-hydroxylation sites is 1. The zero-order valence-electron chi connectivity index (χ0n) is 14.7. The van der Waals surface area contributed by atoms with Gasteiger partial charge in [-0.1, -0.05) is 18.2 Å². The van der Waals surface area contributed by atoms with Gasteiger partial charge in [-0.3, -0.25) is 4.79 Å². The number of aryl methyl sites for hydroxylation is 1. The summed E-state index contributed by atoms with van der Waals surface area (Å²) in [4.78, 5) is 14.5. The summed E-state index contributed by atoms with van der Waals surface area (Å²) in [5.41, 5.74) is 1.70. The van der Waals surface area contributed by atoms with E-state index in [0.717, 1.165) is 29.7 Å². The van der Waals surface area contributed by atoms with Crippen LogP contribution in [0.3, 0.4) is 0 Å². The van der Waals surface area contributed by atoms with Crippen molar-refractivity contribution in [3.63, 3.8) is 0 Å². The lowest BCUT2D eigenvalue weighted by Gasteiger charge is -2.21. The Labute approximate surface area is 151 Å². The zero-order chi connectivity index (χ0) is 18.3. The Balaban J connectivity index is 1.51. The van der Waals surface area contributed by atoms with E-state index in [-0.39, 0.29) is 24.9 Å². The van der Waals surface area contributed by atoms with Crippen molar-refractivity contribution in [3.05, 3.63) is 29.8 Å². The Kier molecular flexibility index (Phi) is 4.29. The summed E-state index contributed by atoms with van der Waals surface area (Å²) in [7, 11) is 1.97. The van der Waals surface area contributed by atoms with Gasteiger partial charge in [0.05, 0.1) is 11.6 Å². The number of alkyl halides is 1. The first-order chi connectivity index (χ1) is 12.6.